The molecule has 1 aliphatic heterocycles. The van der Waals surface area contributed by atoms with Gasteiger partial charge >= 0.3 is 0 Å². The Hall–Kier alpha value is -1.95. The number of methoxy groups -OCH3 is 1. The first-order valence-corrected chi connectivity index (χ1v) is 10.3. The summed E-state index contributed by atoms with van der Waals surface area (Å²) in [5.41, 5.74) is 1.84. The van der Waals surface area contributed by atoms with Crippen LogP contribution >= 0.6 is 0 Å². The average Bonchev–Trinajstić information content (AvgIpc) is 3.44. The van der Waals surface area contributed by atoms with Crippen molar-refractivity contribution in [1.82, 2.24) is 19.4 Å². The molecule has 1 amide bonds. The van der Waals surface area contributed by atoms with E-state index in [-0.39, 0.29) is 5.92 Å². The van der Waals surface area contributed by atoms with Gasteiger partial charge in [-0.1, -0.05) is 25.7 Å². The summed E-state index contributed by atoms with van der Waals surface area (Å²) in [6, 6.07) is 3.93. The number of carbonyl (C=O) groups is 1. The maximum atomic E-state index is 12.7. The van der Waals surface area contributed by atoms with E-state index in [1.165, 1.54) is 25.7 Å². The highest BCUT2D eigenvalue weighted by Crippen LogP contribution is 2.31. The second-order valence-electron chi connectivity index (χ2n) is 7.98. The van der Waals surface area contributed by atoms with Gasteiger partial charge in [0.2, 0.25) is 5.91 Å². The largest absolute Gasteiger partial charge is 0.383 e. The highest BCUT2D eigenvalue weighted by atomic mass is 16.5. The molecule has 0 N–H and O–H groups in total. The monoisotopic (exact) mass is 370 g/mol. The number of imidazole rings is 1. The van der Waals surface area contributed by atoms with Gasteiger partial charge in [0, 0.05) is 45.3 Å². The molecule has 6 heteroatoms. The van der Waals surface area contributed by atoms with E-state index in [0.29, 0.717) is 18.9 Å². The van der Waals surface area contributed by atoms with Crippen molar-refractivity contribution in [3.63, 3.8) is 0 Å². The molecule has 1 saturated heterocycles. The number of hydrogen-bond donors (Lipinski definition) is 0. The quantitative estimate of drug-likeness (QED) is 0.750. The smallest absolute Gasteiger partial charge is 0.222 e. The van der Waals surface area contributed by atoms with Gasteiger partial charge < -0.3 is 14.2 Å². The van der Waals surface area contributed by atoms with Crippen LogP contribution in [0.15, 0.2) is 18.3 Å². The summed E-state index contributed by atoms with van der Waals surface area (Å²) >= 11 is 0. The Bertz CT molecular complexity index is 782. The Morgan fingerprint density at radius 2 is 2.15 bits per heavy atom. The maximum absolute atomic E-state index is 12.7. The Kier molecular flexibility index (Phi) is 5.72. The fourth-order valence-corrected chi connectivity index (χ4v) is 4.67. The second-order valence-corrected chi connectivity index (χ2v) is 7.98. The number of amides is 1. The van der Waals surface area contributed by atoms with Gasteiger partial charge in [-0.25, -0.2) is 9.97 Å². The molecule has 1 aliphatic carbocycles. The molecule has 3 heterocycles. The van der Waals surface area contributed by atoms with E-state index in [0.717, 1.165) is 55.4 Å². The minimum absolute atomic E-state index is 0.284. The summed E-state index contributed by atoms with van der Waals surface area (Å²) in [5.74, 6) is 2.43. The van der Waals surface area contributed by atoms with Gasteiger partial charge in [0.1, 0.15) is 11.3 Å². The van der Waals surface area contributed by atoms with Crippen molar-refractivity contribution in [2.75, 3.05) is 26.8 Å². The third-order valence-electron chi connectivity index (χ3n) is 6.20. The third-order valence-corrected chi connectivity index (χ3v) is 6.20. The van der Waals surface area contributed by atoms with Crippen LogP contribution in [-0.4, -0.2) is 52.1 Å². The zero-order valence-corrected chi connectivity index (χ0v) is 16.3. The van der Waals surface area contributed by atoms with Crippen LogP contribution in [0.3, 0.4) is 0 Å². The number of aromatic nitrogens is 3. The Balaban J connectivity index is 1.44. The van der Waals surface area contributed by atoms with E-state index in [4.69, 9.17) is 9.72 Å². The summed E-state index contributed by atoms with van der Waals surface area (Å²) in [6.45, 7) is 2.99. The first kappa shape index (κ1) is 18.4. The van der Waals surface area contributed by atoms with E-state index in [1.54, 1.807) is 7.11 Å². The number of pyridine rings is 1. The van der Waals surface area contributed by atoms with E-state index < -0.39 is 0 Å². The van der Waals surface area contributed by atoms with Gasteiger partial charge in [-0.3, -0.25) is 4.79 Å². The molecule has 2 aromatic heterocycles. The summed E-state index contributed by atoms with van der Waals surface area (Å²) < 4.78 is 7.46. The number of nitrogens with zero attached hydrogens (tertiary/aromatic N) is 4. The zero-order chi connectivity index (χ0) is 18.6. The predicted octanol–water partition coefficient (Wildman–Crippen LogP) is 3.36. The minimum Gasteiger partial charge on any atom is -0.383 e. The van der Waals surface area contributed by atoms with Crippen LogP contribution in [0.25, 0.3) is 11.2 Å². The first-order valence-electron chi connectivity index (χ1n) is 10.3. The number of carbonyl (C=O) groups excluding carboxylic acids is 1. The lowest BCUT2D eigenvalue weighted by Gasteiger charge is -2.18. The van der Waals surface area contributed by atoms with Gasteiger partial charge in [0.15, 0.2) is 5.65 Å². The van der Waals surface area contributed by atoms with Crippen molar-refractivity contribution < 1.29 is 9.53 Å². The molecule has 4 rings (SSSR count). The highest BCUT2D eigenvalue weighted by Gasteiger charge is 2.31. The molecule has 27 heavy (non-hydrogen) atoms. The molecule has 146 valence electrons. The molecular weight excluding hydrogens is 340 g/mol. The molecule has 6 nitrogen and oxygen atoms in total. The fourth-order valence-electron chi connectivity index (χ4n) is 4.67. The Morgan fingerprint density at radius 1 is 1.30 bits per heavy atom. The summed E-state index contributed by atoms with van der Waals surface area (Å²) in [5, 5.41) is 0. The van der Waals surface area contributed by atoms with Crippen LogP contribution in [0.4, 0.5) is 0 Å². The van der Waals surface area contributed by atoms with Crippen LogP contribution in [-0.2, 0) is 16.1 Å². The van der Waals surface area contributed by atoms with Gasteiger partial charge in [-0.15, -0.1) is 0 Å². The van der Waals surface area contributed by atoms with E-state index in [9.17, 15) is 4.79 Å². The molecule has 2 fully saturated rings. The lowest BCUT2D eigenvalue weighted by molar-refractivity contribution is -0.130. The van der Waals surface area contributed by atoms with Crippen LogP contribution < -0.4 is 0 Å². The summed E-state index contributed by atoms with van der Waals surface area (Å²) in [7, 11) is 1.71. The van der Waals surface area contributed by atoms with Crippen LogP contribution in [0.1, 0.15) is 56.7 Å². The van der Waals surface area contributed by atoms with E-state index in [1.807, 2.05) is 23.2 Å². The summed E-state index contributed by atoms with van der Waals surface area (Å²) in [4.78, 5) is 24.1. The molecule has 1 atom stereocenters. The normalized spacial score (nSPS) is 20.8. The maximum Gasteiger partial charge on any atom is 0.222 e. The van der Waals surface area contributed by atoms with Crippen LogP contribution in [0.5, 0.6) is 0 Å². The molecule has 1 saturated carbocycles. The van der Waals surface area contributed by atoms with Crippen molar-refractivity contribution in [3.05, 3.63) is 24.2 Å². The lowest BCUT2D eigenvalue weighted by Crippen LogP contribution is -2.29. The molecule has 0 unspecified atom stereocenters. The van der Waals surface area contributed by atoms with Gasteiger partial charge in [-0.2, -0.15) is 0 Å². The van der Waals surface area contributed by atoms with Gasteiger partial charge in [-0.05, 0) is 30.9 Å². The number of fused-ring (bicyclic) bond motifs is 1. The fraction of sp³-hybridized carbons (Fsp3) is 0.667. The van der Waals surface area contributed by atoms with Crippen molar-refractivity contribution in [1.29, 1.82) is 0 Å². The first-order chi connectivity index (χ1) is 13.3. The van der Waals surface area contributed by atoms with E-state index >= 15 is 0 Å². The molecular formula is C21H30N4O2. The topological polar surface area (TPSA) is 60.2 Å². The second kappa shape index (κ2) is 8.38. The van der Waals surface area contributed by atoms with Gasteiger partial charge in [0.05, 0.1) is 6.61 Å². The molecule has 2 aromatic rings. The predicted molar refractivity (Wildman–Crippen MR) is 105 cm³/mol. The molecule has 2 aliphatic rings. The van der Waals surface area contributed by atoms with E-state index in [2.05, 4.69) is 9.55 Å². The zero-order valence-electron chi connectivity index (χ0n) is 16.3. The number of rotatable bonds is 7. The average molecular weight is 370 g/mol. The number of likely N-dealkylation sites (tertiary alicyclic amines) is 1. The number of ether oxygens (including phenoxy) is 1. The lowest BCUT2D eigenvalue weighted by atomic mass is 10.0. The van der Waals surface area contributed by atoms with Crippen molar-refractivity contribution >= 4 is 17.1 Å². The van der Waals surface area contributed by atoms with Crippen LogP contribution in [0.2, 0.25) is 0 Å². The third kappa shape index (κ3) is 4.00. The van der Waals surface area contributed by atoms with Crippen molar-refractivity contribution in [2.24, 2.45) is 5.92 Å². The number of hydrogen-bond acceptors (Lipinski definition) is 4. The highest BCUT2D eigenvalue weighted by molar-refractivity contribution is 5.76. The van der Waals surface area contributed by atoms with Crippen molar-refractivity contribution in [2.45, 2.75) is 57.4 Å². The molecule has 0 radical (unpaired) electrons. The SMILES string of the molecule is COCCn1c([C@H]2CCN(C(=O)CCC3CCCC3)C2)nc2cccnc21. The standard InChI is InChI=1S/C21H30N4O2/c1-27-14-13-25-20(23-18-7-4-11-22-21(18)25)17-10-12-24(15-17)19(26)9-8-16-5-2-3-6-16/h4,7,11,16-17H,2-3,5-6,8-10,12-15H2,1H3/t17-/m0/s1. The Morgan fingerprint density at radius 3 is 2.96 bits per heavy atom. The summed E-state index contributed by atoms with van der Waals surface area (Å²) in [6.07, 6.45) is 9.87. The molecule has 0 spiro atoms. The minimum atomic E-state index is 0.284. The van der Waals surface area contributed by atoms with Crippen LogP contribution in [0, 0.1) is 5.92 Å². The van der Waals surface area contributed by atoms with Gasteiger partial charge in [0.25, 0.3) is 0 Å². The Labute approximate surface area is 160 Å². The van der Waals surface area contributed by atoms with Crippen molar-refractivity contribution in [3.8, 4) is 0 Å². The molecule has 0 bridgehead atoms. The molecule has 0 aromatic carbocycles.